The fraction of sp³-hybridized carbons (Fsp3) is 0.500. The number of carbonyl (C=O) groups is 2. The molecule has 1 aliphatic heterocycles. The number of nitrogens with two attached hydrogens (primary N) is 1. The molecule has 1 aliphatic carbocycles. The molecule has 2 amide bonds. The summed E-state index contributed by atoms with van der Waals surface area (Å²) < 4.78 is 5.33. The Kier molecular flexibility index (Phi) is 6.64. The zero-order valence-electron chi connectivity index (χ0n) is 19.7. The lowest BCUT2D eigenvalue weighted by molar-refractivity contribution is -0.384. The number of primary amides is 1. The van der Waals surface area contributed by atoms with Gasteiger partial charge in [0.25, 0.3) is 17.5 Å². The molecule has 1 fully saturated rings. The highest BCUT2D eigenvalue weighted by Crippen LogP contribution is 2.44. The number of nitrogens with zero attached hydrogens (tertiary/aromatic N) is 2. The summed E-state index contributed by atoms with van der Waals surface area (Å²) >= 11 is 1.38. The molecule has 0 radical (unpaired) electrons. The van der Waals surface area contributed by atoms with Crippen LogP contribution in [0.15, 0.2) is 18.2 Å². The first-order valence-electron chi connectivity index (χ1n) is 11.4. The predicted molar refractivity (Wildman–Crippen MR) is 132 cm³/mol. The van der Waals surface area contributed by atoms with Gasteiger partial charge in [-0.2, -0.15) is 0 Å². The molecule has 9 nitrogen and oxygen atoms in total. The molecule has 10 heteroatoms. The number of fused-ring (bicyclic) bond motifs is 1. The van der Waals surface area contributed by atoms with Crippen molar-refractivity contribution in [1.82, 2.24) is 0 Å². The van der Waals surface area contributed by atoms with E-state index in [4.69, 9.17) is 10.5 Å². The van der Waals surface area contributed by atoms with E-state index in [1.54, 1.807) is 12.1 Å². The van der Waals surface area contributed by atoms with Crippen molar-refractivity contribution in [1.29, 1.82) is 0 Å². The molecular weight excluding hydrogens is 456 g/mol. The second kappa shape index (κ2) is 9.34. The second-order valence-electron chi connectivity index (χ2n) is 9.89. The Labute approximate surface area is 202 Å². The van der Waals surface area contributed by atoms with Crippen LogP contribution in [0, 0.1) is 21.4 Å². The third-order valence-electron chi connectivity index (χ3n) is 6.75. The molecule has 0 spiro atoms. The molecule has 4 rings (SSSR count). The lowest BCUT2D eigenvalue weighted by Gasteiger charge is -2.33. The van der Waals surface area contributed by atoms with Gasteiger partial charge in [-0.25, -0.2) is 0 Å². The van der Waals surface area contributed by atoms with Gasteiger partial charge in [-0.05, 0) is 48.3 Å². The third kappa shape index (κ3) is 4.78. The third-order valence-corrected chi connectivity index (χ3v) is 7.92. The number of rotatable bonds is 5. The van der Waals surface area contributed by atoms with Gasteiger partial charge in [-0.1, -0.05) is 20.8 Å². The Morgan fingerprint density at radius 1 is 1.26 bits per heavy atom. The highest BCUT2D eigenvalue weighted by Gasteiger charge is 2.34. The first-order chi connectivity index (χ1) is 16.1. The summed E-state index contributed by atoms with van der Waals surface area (Å²) in [4.78, 5) is 39.6. The monoisotopic (exact) mass is 486 g/mol. The van der Waals surface area contributed by atoms with Crippen molar-refractivity contribution in [2.45, 2.75) is 40.0 Å². The van der Waals surface area contributed by atoms with E-state index >= 15 is 0 Å². The maximum absolute atomic E-state index is 13.1. The summed E-state index contributed by atoms with van der Waals surface area (Å²) in [6.07, 6.45) is 2.52. The number of nitro benzene ring substituents is 1. The quantitative estimate of drug-likeness (QED) is 0.486. The van der Waals surface area contributed by atoms with E-state index in [1.807, 2.05) is 4.90 Å². The fourth-order valence-corrected chi connectivity index (χ4v) is 6.06. The fourth-order valence-electron chi connectivity index (χ4n) is 4.73. The van der Waals surface area contributed by atoms with Crippen LogP contribution in [-0.4, -0.2) is 43.0 Å². The maximum Gasteiger partial charge on any atom is 0.293 e. The van der Waals surface area contributed by atoms with Crippen LogP contribution in [0.2, 0.25) is 0 Å². The van der Waals surface area contributed by atoms with Gasteiger partial charge in [0.1, 0.15) is 10.7 Å². The molecule has 0 unspecified atom stereocenters. The number of hydrogen-bond acceptors (Lipinski definition) is 7. The lowest BCUT2D eigenvalue weighted by Crippen LogP contribution is -2.36. The maximum atomic E-state index is 13.1. The average Bonchev–Trinajstić information content (AvgIpc) is 3.15. The molecule has 0 bridgehead atoms. The van der Waals surface area contributed by atoms with Crippen molar-refractivity contribution >= 4 is 39.5 Å². The van der Waals surface area contributed by atoms with Gasteiger partial charge in [0.2, 0.25) is 0 Å². The molecule has 1 saturated heterocycles. The van der Waals surface area contributed by atoms with Crippen molar-refractivity contribution in [3.8, 4) is 0 Å². The first-order valence-corrected chi connectivity index (χ1v) is 12.2. The van der Waals surface area contributed by atoms with E-state index in [0.717, 1.165) is 29.7 Å². The van der Waals surface area contributed by atoms with E-state index in [1.165, 1.54) is 17.4 Å². The Morgan fingerprint density at radius 3 is 2.59 bits per heavy atom. The predicted octanol–water partition coefficient (Wildman–Crippen LogP) is 4.00. The van der Waals surface area contributed by atoms with Crippen molar-refractivity contribution in [2.24, 2.45) is 17.1 Å². The number of thiophene rings is 1. The van der Waals surface area contributed by atoms with E-state index < -0.39 is 16.7 Å². The van der Waals surface area contributed by atoms with Gasteiger partial charge in [0, 0.05) is 29.6 Å². The Bertz CT molecular complexity index is 1130. The van der Waals surface area contributed by atoms with E-state index in [-0.39, 0.29) is 16.7 Å². The molecule has 2 heterocycles. The highest BCUT2D eigenvalue weighted by molar-refractivity contribution is 7.17. The van der Waals surface area contributed by atoms with Crippen molar-refractivity contribution in [2.75, 3.05) is 36.5 Å². The zero-order valence-corrected chi connectivity index (χ0v) is 20.5. The summed E-state index contributed by atoms with van der Waals surface area (Å²) in [5.41, 5.74) is 7.59. The van der Waals surface area contributed by atoms with Gasteiger partial charge in [-0.3, -0.25) is 19.7 Å². The van der Waals surface area contributed by atoms with Crippen LogP contribution < -0.4 is 16.0 Å². The number of anilines is 2. The first kappa shape index (κ1) is 24.2. The molecule has 0 saturated carbocycles. The number of nitro groups is 1. The summed E-state index contributed by atoms with van der Waals surface area (Å²) in [7, 11) is 0. The molecule has 1 atom stereocenters. The zero-order chi connectivity index (χ0) is 24.6. The van der Waals surface area contributed by atoms with E-state index in [0.29, 0.717) is 48.5 Å². The topological polar surface area (TPSA) is 128 Å². The Balaban J connectivity index is 1.62. The average molecular weight is 487 g/mol. The minimum atomic E-state index is -0.573. The van der Waals surface area contributed by atoms with Gasteiger partial charge >= 0.3 is 0 Å². The van der Waals surface area contributed by atoms with Crippen LogP contribution in [0.1, 0.15) is 58.3 Å². The van der Waals surface area contributed by atoms with Crippen molar-refractivity contribution in [3.05, 3.63) is 49.9 Å². The van der Waals surface area contributed by atoms with Gasteiger partial charge < -0.3 is 20.7 Å². The number of carbonyl (C=O) groups excluding carboxylic acids is 2. The normalized spacial score (nSPS) is 18.3. The number of nitrogens with one attached hydrogen (secondary N) is 1. The molecule has 2 aliphatic rings. The van der Waals surface area contributed by atoms with Gasteiger partial charge in [0.05, 0.1) is 23.7 Å². The Hall–Kier alpha value is -2.98. The van der Waals surface area contributed by atoms with E-state index in [9.17, 15) is 19.7 Å². The summed E-state index contributed by atoms with van der Waals surface area (Å²) in [5, 5.41) is 15.0. The van der Waals surface area contributed by atoms with Crippen molar-refractivity contribution in [3.63, 3.8) is 0 Å². The van der Waals surface area contributed by atoms with Crippen LogP contribution in [0.3, 0.4) is 0 Å². The molecule has 34 heavy (non-hydrogen) atoms. The van der Waals surface area contributed by atoms with Gasteiger partial charge in [0.15, 0.2) is 0 Å². The summed E-state index contributed by atoms with van der Waals surface area (Å²) in [6.45, 7) is 8.71. The summed E-state index contributed by atoms with van der Waals surface area (Å²) in [6, 6.07) is 4.45. The smallest absolute Gasteiger partial charge is 0.293 e. The number of benzene rings is 1. The van der Waals surface area contributed by atoms with Crippen LogP contribution >= 0.6 is 11.3 Å². The highest BCUT2D eigenvalue weighted by atomic mass is 32.1. The van der Waals surface area contributed by atoms with Crippen LogP contribution in [0.5, 0.6) is 0 Å². The van der Waals surface area contributed by atoms with Crippen molar-refractivity contribution < 1.29 is 19.2 Å². The standard InChI is InChI=1S/C24H30N4O5S/c1-24(2,3)15-5-6-16-19(13-15)34-23(20(16)21(25)29)26-22(30)14-4-7-17(18(12-14)28(31)32)27-8-10-33-11-9-27/h4,7,12,15H,5-6,8-11,13H2,1-3H3,(H2,25,29)(H,26,30)/t15-/m1/s1. The molecule has 3 N–H and O–H groups in total. The Morgan fingerprint density at radius 2 is 1.97 bits per heavy atom. The SMILES string of the molecule is CC(C)(C)[C@@H]1CCc2c(sc(NC(=O)c3ccc(N4CCOCC4)c([N+](=O)[O-])c3)c2C(N)=O)C1. The minimum absolute atomic E-state index is 0.136. The molecule has 1 aromatic heterocycles. The molecule has 182 valence electrons. The number of ether oxygens (including phenoxy) is 1. The van der Waals surface area contributed by atoms with Gasteiger partial charge in [-0.15, -0.1) is 11.3 Å². The number of hydrogen-bond donors (Lipinski definition) is 2. The number of morpholine rings is 1. The van der Waals surface area contributed by atoms with E-state index in [2.05, 4.69) is 26.1 Å². The van der Waals surface area contributed by atoms with Crippen LogP contribution in [0.4, 0.5) is 16.4 Å². The largest absolute Gasteiger partial charge is 0.378 e. The summed E-state index contributed by atoms with van der Waals surface area (Å²) in [5.74, 6) is -0.612. The molecule has 2 aromatic rings. The van der Waals surface area contributed by atoms with Crippen LogP contribution in [0.25, 0.3) is 0 Å². The minimum Gasteiger partial charge on any atom is -0.378 e. The second-order valence-corrected chi connectivity index (χ2v) is 11.0. The van der Waals surface area contributed by atoms with Crippen LogP contribution in [-0.2, 0) is 17.6 Å². The molecular formula is C24H30N4O5S. The number of amides is 2. The molecule has 1 aromatic carbocycles. The lowest BCUT2D eigenvalue weighted by atomic mass is 9.72.